The molecule has 4 nitrogen and oxygen atoms in total. The highest BCUT2D eigenvalue weighted by atomic mass is 32.2. The number of nitrogens with zero attached hydrogens (tertiary/aromatic N) is 1. The first-order valence-electron chi connectivity index (χ1n) is 7.52. The molecule has 0 aliphatic carbocycles. The van der Waals surface area contributed by atoms with Crippen molar-refractivity contribution < 1.29 is 14.3 Å². The van der Waals surface area contributed by atoms with Gasteiger partial charge in [0.15, 0.2) is 10.1 Å². The lowest BCUT2D eigenvalue weighted by atomic mass is 10.1. The summed E-state index contributed by atoms with van der Waals surface area (Å²) >= 11 is 6.62. The van der Waals surface area contributed by atoms with Crippen LogP contribution in [-0.4, -0.2) is 23.1 Å². The van der Waals surface area contributed by atoms with Gasteiger partial charge in [0.05, 0.1) is 17.7 Å². The minimum Gasteiger partial charge on any atom is -0.497 e. The second-order valence-electron chi connectivity index (χ2n) is 5.39. The van der Waals surface area contributed by atoms with Gasteiger partial charge in [-0.2, -0.15) is 0 Å². The van der Waals surface area contributed by atoms with Gasteiger partial charge >= 0.3 is 0 Å². The van der Waals surface area contributed by atoms with Crippen molar-refractivity contribution in [2.45, 2.75) is 6.92 Å². The third-order valence-electron chi connectivity index (χ3n) is 3.74. The number of carbonyl (C=O) groups excluding carboxylic acids is 2. The number of hydrogen-bond donors (Lipinski definition) is 0. The van der Waals surface area contributed by atoms with Crippen LogP contribution >= 0.6 is 24.0 Å². The number of methoxy groups -OCH3 is 1. The highest BCUT2D eigenvalue weighted by Gasteiger charge is 2.33. The Bertz CT molecular complexity index is 871. The maximum atomic E-state index is 12.7. The lowest BCUT2D eigenvalue weighted by Gasteiger charge is -2.14. The van der Waals surface area contributed by atoms with Gasteiger partial charge < -0.3 is 4.74 Å². The average Bonchev–Trinajstić information content (AvgIpc) is 2.89. The maximum absolute atomic E-state index is 12.7. The first-order chi connectivity index (χ1) is 12.0. The summed E-state index contributed by atoms with van der Waals surface area (Å²) < 4.78 is 5.61. The van der Waals surface area contributed by atoms with Crippen molar-refractivity contribution in [3.8, 4) is 5.75 Å². The van der Waals surface area contributed by atoms with Crippen LogP contribution < -0.4 is 9.64 Å². The second kappa shape index (κ2) is 7.21. The number of carbonyl (C=O) groups is 2. The normalized spacial score (nSPS) is 15.8. The Kier molecular flexibility index (Phi) is 5.01. The van der Waals surface area contributed by atoms with Gasteiger partial charge in [-0.15, -0.1) is 0 Å². The van der Waals surface area contributed by atoms with Crippen LogP contribution in [0.4, 0.5) is 5.69 Å². The summed E-state index contributed by atoms with van der Waals surface area (Å²) in [6.45, 7) is 1.51. The van der Waals surface area contributed by atoms with E-state index in [0.717, 1.165) is 11.3 Å². The summed E-state index contributed by atoms with van der Waals surface area (Å²) in [5, 5.41) is 0. The van der Waals surface area contributed by atoms with Gasteiger partial charge in [0.1, 0.15) is 5.75 Å². The molecular weight excluding hydrogens is 354 g/mol. The quantitative estimate of drug-likeness (QED) is 0.457. The predicted molar refractivity (Wildman–Crippen MR) is 105 cm³/mol. The zero-order valence-electron chi connectivity index (χ0n) is 13.7. The molecule has 0 bridgehead atoms. The van der Waals surface area contributed by atoms with E-state index in [0.29, 0.717) is 20.5 Å². The molecule has 0 aromatic heterocycles. The Morgan fingerprint density at radius 2 is 1.76 bits per heavy atom. The molecule has 0 spiro atoms. The summed E-state index contributed by atoms with van der Waals surface area (Å²) in [6, 6.07) is 14.3. The first kappa shape index (κ1) is 17.4. The van der Waals surface area contributed by atoms with E-state index in [1.165, 1.54) is 23.6 Å². The Morgan fingerprint density at radius 3 is 2.32 bits per heavy atom. The summed E-state index contributed by atoms with van der Waals surface area (Å²) in [4.78, 5) is 26.1. The first-order valence-corrected chi connectivity index (χ1v) is 8.75. The Labute approximate surface area is 155 Å². The standard InChI is InChI=1S/C19H15NO3S2/c1-12(21)14-5-7-15(8-6-14)20-18(22)17(25-19(20)24)11-13-3-9-16(23-2)10-4-13/h3-11H,1-2H3. The van der Waals surface area contributed by atoms with E-state index < -0.39 is 0 Å². The zero-order chi connectivity index (χ0) is 18.0. The van der Waals surface area contributed by atoms with Crippen molar-refractivity contribution in [3.05, 3.63) is 64.6 Å². The predicted octanol–water partition coefficient (Wildman–Crippen LogP) is 4.30. The number of amides is 1. The summed E-state index contributed by atoms with van der Waals surface area (Å²) in [5.74, 6) is 0.577. The molecule has 3 rings (SSSR count). The number of rotatable bonds is 4. The molecule has 1 heterocycles. The van der Waals surface area contributed by atoms with Crippen molar-refractivity contribution in [2.24, 2.45) is 0 Å². The largest absolute Gasteiger partial charge is 0.497 e. The van der Waals surface area contributed by atoms with Crippen LogP contribution in [0.2, 0.25) is 0 Å². The third kappa shape index (κ3) is 3.65. The molecule has 2 aromatic rings. The number of ether oxygens (including phenoxy) is 1. The molecule has 1 saturated heterocycles. The molecule has 1 fully saturated rings. The van der Waals surface area contributed by atoms with Crippen LogP contribution in [0.5, 0.6) is 5.75 Å². The lowest BCUT2D eigenvalue weighted by Crippen LogP contribution is -2.27. The molecule has 0 atom stereocenters. The summed E-state index contributed by atoms with van der Waals surface area (Å²) in [7, 11) is 1.61. The maximum Gasteiger partial charge on any atom is 0.270 e. The number of benzene rings is 2. The monoisotopic (exact) mass is 369 g/mol. The second-order valence-corrected chi connectivity index (χ2v) is 7.07. The van der Waals surface area contributed by atoms with Crippen molar-refractivity contribution in [2.75, 3.05) is 12.0 Å². The van der Waals surface area contributed by atoms with E-state index in [4.69, 9.17) is 17.0 Å². The lowest BCUT2D eigenvalue weighted by molar-refractivity contribution is -0.113. The van der Waals surface area contributed by atoms with Crippen molar-refractivity contribution in [3.63, 3.8) is 0 Å². The molecule has 1 aliphatic rings. The van der Waals surface area contributed by atoms with Crippen LogP contribution in [0, 0.1) is 0 Å². The van der Waals surface area contributed by atoms with Crippen molar-refractivity contribution >= 4 is 51.8 Å². The molecule has 0 saturated carbocycles. The number of thioether (sulfide) groups is 1. The van der Waals surface area contributed by atoms with E-state index in [-0.39, 0.29) is 11.7 Å². The summed E-state index contributed by atoms with van der Waals surface area (Å²) in [5.41, 5.74) is 2.15. The van der Waals surface area contributed by atoms with E-state index in [1.54, 1.807) is 31.4 Å². The smallest absolute Gasteiger partial charge is 0.270 e. The van der Waals surface area contributed by atoms with Crippen LogP contribution in [0.15, 0.2) is 53.4 Å². The Morgan fingerprint density at radius 1 is 1.12 bits per heavy atom. The highest BCUT2D eigenvalue weighted by Crippen LogP contribution is 2.36. The fourth-order valence-corrected chi connectivity index (χ4v) is 3.69. The number of ketones is 1. The third-order valence-corrected chi connectivity index (χ3v) is 5.04. The fourth-order valence-electron chi connectivity index (χ4n) is 2.39. The average molecular weight is 369 g/mol. The van der Waals surface area contributed by atoms with Gasteiger partial charge in [-0.3, -0.25) is 14.5 Å². The van der Waals surface area contributed by atoms with E-state index in [9.17, 15) is 9.59 Å². The van der Waals surface area contributed by atoms with Gasteiger partial charge in [0, 0.05) is 5.56 Å². The molecule has 0 radical (unpaired) electrons. The number of anilines is 1. The zero-order valence-corrected chi connectivity index (χ0v) is 15.3. The van der Waals surface area contributed by atoms with Crippen molar-refractivity contribution in [1.29, 1.82) is 0 Å². The molecular formula is C19H15NO3S2. The number of thiocarbonyl (C=S) groups is 1. The van der Waals surface area contributed by atoms with Crippen molar-refractivity contribution in [1.82, 2.24) is 0 Å². The van der Waals surface area contributed by atoms with E-state index in [2.05, 4.69) is 0 Å². The Balaban J connectivity index is 1.86. The SMILES string of the molecule is COc1ccc(C=C2SC(=S)N(c3ccc(C(C)=O)cc3)C2=O)cc1. The molecule has 25 heavy (non-hydrogen) atoms. The van der Waals surface area contributed by atoms with E-state index in [1.807, 2.05) is 30.3 Å². The topological polar surface area (TPSA) is 46.6 Å². The van der Waals surface area contributed by atoms with E-state index >= 15 is 0 Å². The molecule has 2 aromatic carbocycles. The summed E-state index contributed by atoms with van der Waals surface area (Å²) in [6.07, 6.45) is 1.81. The van der Waals surface area contributed by atoms with Gasteiger partial charge in [-0.25, -0.2) is 0 Å². The van der Waals surface area contributed by atoms with Crippen LogP contribution in [-0.2, 0) is 4.79 Å². The fraction of sp³-hybridized carbons (Fsp3) is 0.105. The van der Waals surface area contributed by atoms with Crippen LogP contribution in [0.1, 0.15) is 22.8 Å². The Hall–Kier alpha value is -2.44. The van der Waals surface area contributed by atoms with Gasteiger partial charge in [-0.1, -0.05) is 36.1 Å². The molecule has 6 heteroatoms. The molecule has 0 unspecified atom stereocenters. The number of hydrogen-bond acceptors (Lipinski definition) is 5. The number of Topliss-reactive ketones (excluding diaryl/α,β-unsaturated/α-hetero) is 1. The highest BCUT2D eigenvalue weighted by molar-refractivity contribution is 8.27. The van der Waals surface area contributed by atoms with Gasteiger partial charge in [0.25, 0.3) is 5.91 Å². The molecule has 0 N–H and O–H groups in total. The van der Waals surface area contributed by atoms with Gasteiger partial charge in [-0.05, 0) is 55.0 Å². The minimum atomic E-state index is -0.165. The molecule has 126 valence electrons. The molecule has 1 aliphatic heterocycles. The van der Waals surface area contributed by atoms with Crippen LogP contribution in [0.3, 0.4) is 0 Å². The minimum absolute atomic E-state index is 0.0173. The molecule has 1 amide bonds. The van der Waals surface area contributed by atoms with Gasteiger partial charge in [0.2, 0.25) is 0 Å². The van der Waals surface area contributed by atoms with Crippen LogP contribution in [0.25, 0.3) is 6.08 Å².